The molecule has 1 amide bonds. The molecule has 0 aliphatic heterocycles. The van der Waals surface area contributed by atoms with Crippen molar-refractivity contribution in [3.63, 3.8) is 0 Å². The molecule has 28 heavy (non-hydrogen) atoms. The first kappa shape index (κ1) is 20.8. The van der Waals surface area contributed by atoms with E-state index in [0.29, 0.717) is 6.21 Å². The van der Waals surface area contributed by atoms with Gasteiger partial charge in [0.25, 0.3) is 0 Å². The van der Waals surface area contributed by atoms with E-state index in [4.69, 9.17) is 10.7 Å². The molecule has 1 aromatic heterocycles. The molecule has 9 heteroatoms. The van der Waals surface area contributed by atoms with Crippen LogP contribution in [0.3, 0.4) is 0 Å². The summed E-state index contributed by atoms with van der Waals surface area (Å²) >= 11 is 0. The first-order chi connectivity index (χ1) is 13.5. The number of carboxylic acid groups (broad SMARTS) is 1. The minimum atomic E-state index is -1.27. The van der Waals surface area contributed by atoms with Gasteiger partial charge in [-0.2, -0.15) is 5.26 Å². The summed E-state index contributed by atoms with van der Waals surface area (Å²) in [5.41, 5.74) is 1.76. The van der Waals surface area contributed by atoms with Crippen molar-refractivity contribution in [3.8, 4) is 6.07 Å². The third-order valence-corrected chi connectivity index (χ3v) is 4.30. The highest BCUT2D eigenvalue weighted by Gasteiger charge is 2.26. The van der Waals surface area contributed by atoms with E-state index in [1.54, 1.807) is 6.20 Å². The van der Waals surface area contributed by atoms with Gasteiger partial charge in [-0.15, -0.1) is 0 Å². The Morgan fingerprint density at radius 2 is 2.04 bits per heavy atom. The molecule has 0 aliphatic rings. The zero-order chi connectivity index (χ0) is 20.5. The van der Waals surface area contributed by atoms with Gasteiger partial charge in [0.15, 0.2) is 5.78 Å². The summed E-state index contributed by atoms with van der Waals surface area (Å²) in [7, 11) is 0. The first-order valence-corrected chi connectivity index (χ1v) is 8.68. The molecule has 2 atom stereocenters. The van der Waals surface area contributed by atoms with E-state index in [0.717, 1.165) is 16.5 Å². The molecule has 5 N–H and O–H groups in total. The number of aliphatic carboxylic acids is 1. The lowest BCUT2D eigenvalue weighted by atomic mass is 10.0. The lowest BCUT2D eigenvalue weighted by Gasteiger charge is -2.20. The normalized spacial score (nSPS) is 12.7. The van der Waals surface area contributed by atoms with Crippen LogP contribution in [0.5, 0.6) is 0 Å². The van der Waals surface area contributed by atoms with Gasteiger partial charge in [-0.25, -0.2) is 4.79 Å². The number of ketones is 1. The number of amides is 1. The molecule has 0 unspecified atom stereocenters. The maximum Gasteiger partial charge on any atom is 0.326 e. The number of carboxylic acids is 1. The molecule has 1 heterocycles. The Hall–Kier alpha value is -3.51. The average Bonchev–Trinajstić information content (AvgIpc) is 3.10. The fraction of sp³-hybridized carbons (Fsp3) is 0.316. The number of rotatable bonds is 11. The van der Waals surface area contributed by atoms with Gasteiger partial charge in [0, 0.05) is 23.5 Å². The van der Waals surface area contributed by atoms with Gasteiger partial charge in [-0.3, -0.25) is 14.9 Å². The quantitative estimate of drug-likeness (QED) is 0.284. The number of Topliss-reactive ketones (excluding diaryl/α,β-unsaturated/α-hetero) is 1. The Bertz CT molecular complexity index is 914. The largest absolute Gasteiger partial charge is 0.480 e. The monoisotopic (exact) mass is 383 g/mol. The molecule has 9 nitrogen and oxygen atoms in total. The zero-order valence-corrected chi connectivity index (χ0v) is 15.1. The van der Waals surface area contributed by atoms with Gasteiger partial charge in [0.1, 0.15) is 6.04 Å². The molecule has 0 saturated carbocycles. The molecule has 146 valence electrons. The van der Waals surface area contributed by atoms with Crippen molar-refractivity contribution in [1.82, 2.24) is 15.6 Å². The van der Waals surface area contributed by atoms with Crippen LogP contribution in [0, 0.1) is 16.7 Å². The molecule has 1 aromatic carbocycles. The number of aromatic nitrogens is 1. The fourth-order valence-corrected chi connectivity index (χ4v) is 2.84. The van der Waals surface area contributed by atoms with Crippen molar-refractivity contribution >= 4 is 34.8 Å². The van der Waals surface area contributed by atoms with Crippen LogP contribution in [0.15, 0.2) is 30.5 Å². The molecule has 0 radical (unpaired) electrons. The van der Waals surface area contributed by atoms with Gasteiger partial charge in [0.05, 0.1) is 24.9 Å². The number of nitrogens with one attached hydrogen (secondary N) is 4. The maximum absolute atomic E-state index is 12.7. The Morgan fingerprint density at radius 1 is 1.29 bits per heavy atom. The number of hydrogen-bond acceptors (Lipinski definition) is 6. The van der Waals surface area contributed by atoms with Crippen LogP contribution >= 0.6 is 0 Å². The molecule has 0 bridgehead atoms. The van der Waals surface area contributed by atoms with Crippen LogP contribution in [0.1, 0.15) is 18.4 Å². The third-order valence-electron chi connectivity index (χ3n) is 4.30. The predicted octanol–water partition coefficient (Wildman–Crippen LogP) is 0.760. The highest BCUT2D eigenvalue weighted by molar-refractivity contribution is 6.26. The standard InChI is InChI=1S/C19H21N5O4/c20-7-8-22-17(9-12-11-23-15-4-2-1-3-14(12)15)18(26)24-16(19(27)28)6-5-13(25)10-21/h1-4,10-11,16-17,21-23H,5-6,8-9H2,(H,24,26)(H,27,28)/t16-,17-/m0/s1. The summed E-state index contributed by atoms with van der Waals surface area (Å²) in [6.07, 6.45) is 2.38. The molecular weight excluding hydrogens is 362 g/mol. The van der Waals surface area contributed by atoms with Crippen molar-refractivity contribution in [2.75, 3.05) is 6.54 Å². The fourth-order valence-electron chi connectivity index (χ4n) is 2.84. The number of aromatic amines is 1. The lowest BCUT2D eigenvalue weighted by molar-refractivity contribution is -0.142. The number of benzene rings is 1. The van der Waals surface area contributed by atoms with E-state index in [2.05, 4.69) is 15.6 Å². The second-order valence-corrected chi connectivity index (χ2v) is 6.20. The highest BCUT2D eigenvalue weighted by Crippen LogP contribution is 2.19. The lowest BCUT2D eigenvalue weighted by Crippen LogP contribution is -2.51. The number of hydrogen-bond donors (Lipinski definition) is 5. The number of para-hydroxylation sites is 1. The molecular formula is C19H21N5O4. The second kappa shape index (κ2) is 9.99. The number of carbonyl (C=O) groups is 3. The summed E-state index contributed by atoms with van der Waals surface area (Å²) < 4.78 is 0. The maximum atomic E-state index is 12.7. The topological polar surface area (TPSA) is 159 Å². The van der Waals surface area contributed by atoms with Gasteiger partial charge in [-0.1, -0.05) is 18.2 Å². The average molecular weight is 383 g/mol. The number of H-pyrrole nitrogens is 1. The smallest absolute Gasteiger partial charge is 0.326 e. The molecule has 0 aliphatic carbocycles. The van der Waals surface area contributed by atoms with Crippen LogP contribution in [0.25, 0.3) is 10.9 Å². The summed E-state index contributed by atoms with van der Waals surface area (Å²) in [6.45, 7) is -0.0789. The molecule has 0 spiro atoms. The third kappa shape index (κ3) is 5.49. The van der Waals surface area contributed by atoms with Crippen molar-refractivity contribution < 1.29 is 19.5 Å². The summed E-state index contributed by atoms with van der Waals surface area (Å²) in [5.74, 6) is -2.36. The van der Waals surface area contributed by atoms with Gasteiger partial charge < -0.3 is 20.8 Å². The molecule has 0 fully saturated rings. The van der Waals surface area contributed by atoms with E-state index in [1.165, 1.54) is 0 Å². The zero-order valence-electron chi connectivity index (χ0n) is 15.1. The van der Waals surface area contributed by atoms with Crippen LogP contribution in [-0.2, 0) is 20.8 Å². The Kier molecular flexibility index (Phi) is 7.42. The van der Waals surface area contributed by atoms with Crippen molar-refractivity contribution in [2.24, 2.45) is 0 Å². The Morgan fingerprint density at radius 3 is 2.71 bits per heavy atom. The number of nitriles is 1. The summed E-state index contributed by atoms with van der Waals surface area (Å²) in [6, 6.07) is 7.39. The van der Waals surface area contributed by atoms with Crippen LogP contribution < -0.4 is 10.6 Å². The number of nitrogens with zero attached hydrogens (tertiary/aromatic N) is 1. The Balaban J connectivity index is 2.13. The minimum Gasteiger partial charge on any atom is -0.480 e. The Labute approximate surface area is 161 Å². The van der Waals surface area contributed by atoms with Gasteiger partial charge in [-0.05, 0) is 24.5 Å². The van der Waals surface area contributed by atoms with Crippen LogP contribution in [0.2, 0.25) is 0 Å². The van der Waals surface area contributed by atoms with E-state index in [1.807, 2.05) is 30.3 Å². The van der Waals surface area contributed by atoms with E-state index in [9.17, 15) is 19.5 Å². The highest BCUT2D eigenvalue weighted by atomic mass is 16.4. The number of carbonyl (C=O) groups excluding carboxylic acids is 2. The van der Waals surface area contributed by atoms with Crippen molar-refractivity contribution in [1.29, 1.82) is 10.7 Å². The van der Waals surface area contributed by atoms with Gasteiger partial charge >= 0.3 is 5.97 Å². The van der Waals surface area contributed by atoms with Crippen LogP contribution in [-0.4, -0.2) is 52.6 Å². The summed E-state index contributed by atoms with van der Waals surface area (Å²) in [4.78, 5) is 38.4. The summed E-state index contributed by atoms with van der Waals surface area (Å²) in [5, 5.41) is 31.2. The van der Waals surface area contributed by atoms with Crippen molar-refractivity contribution in [2.45, 2.75) is 31.3 Å². The molecule has 2 rings (SSSR count). The van der Waals surface area contributed by atoms with Crippen LogP contribution in [0.4, 0.5) is 0 Å². The first-order valence-electron chi connectivity index (χ1n) is 8.68. The molecule has 2 aromatic rings. The second-order valence-electron chi connectivity index (χ2n) is 6.20. The van der Waals surface area contributed by atoms with Crippen molar-refractivity contribution in [3.05, 3.63) is 36.0 Å². The van der Waals surface area contributed by atoms with E-state index >= 15 is 0 Å². The number of fused-ring (bicyclic) bond motifs is 1. The SMILES string of the molecule is N#CCN[C@@H](Cc1c[nH]c2ccccc12)C(=O)N[C@@H](CCC(=O)C=N)C(=O)O. The van der Waals surface area contributed by atoms with Gasteiger partial charge in [0.2, 0.25) is 5.91 Å². The molecule has 0 saturated heterocycles. The minimum absolute atomic E-state index is 0.0789. The van der Waals surface area contributed by atoms with E-state index < -0.39 is 29.7 Å². The van der Waals surface area contributed by atoms with E-state index in [-0.39, 0.29) is 25.8 Å². The predicted molar refractivity (Wildman–Crippen MR) is 102 cm³/mol.